The molecule has 1 amide bonds. The minimum atomic E-state index is -0.505. The first kappa shape index (κ1) is 15.1. The van der Waals surface area contributed by atoms with Crippen molar-refractivity contribution in [2.75, 3.05) is 13.1 Å². The number of nitrogens with zero attached hydrogens (tertiary/aromatic N) is 4. The average Bonchev–Trinajstić information content (AvgIpc) is 2.93. The van der Waals surface area contributed by atoms with Gasteiger partial charge in [-0.15, -0.1) is 10.2 Å². The summed E-state index contributed by atoms with van der Waals surface area (Å²) in [6.07, 6.45) is 3.12. The standard InChI is InChI=1S/C18H21N5O/c19-16(24)18-21-20-17-15-12-22(11-13-5-2-1-3-6-13)10-8-14(15)7-4-9-23(17)18/h1-3,5-6H,4,7-12H2,(H2,19,24). The molecule has 0 aliphatic carbocycles. The molecule has 6 heteroatoms. The van der Waals surface area contributed by atoms with E-state index < -0.39 is 5.91 Å². The van der Waals surface area contributed by atoms with Crippen LogP contribution in [-0.4, -0.2) is 38.7 Å². The van der Waals surface area contributed by atoms with Crippen molar-refractivity contribution in [1.82, 2.24) is 19.7 Å². The van der Waals surface area contributed by atoms with Gasteiger partial charge in [0, 0.05) is 31.8 Å². The van der Waals surface area contributed by atoms with Crippen molar-refractivity contribution in [2.45, 2.75) is 32.4 Å². The second kappa shape index (κ2) is 6.20. The quantitative estimate of drug-likeness (QED) is 0.935. The van der Waals surface area contributed by atoms with E-state index in [-0.39, 0.29) is 5.82 Å². The number of benzene rings is 1. The normalized spacial score (nSPS) is 18.0. The van der Waals surface area contributed by atoms with Crippen molar-refractivity contribution in [3.8, 4) is 0 Å². The van der Waals surface area contributed by atoms with E-state index in [1.54, 1.807) is 0 Å². The predicted octanol–water partition coefficient (Wildman–Crippen LogP) is 1.83. The molecule has 2 aliphatic rings. The Balaban J connectivity index is 1.63. The number of aromatic nitrogens is 3. The highest BCUT2D eigenvalue weighted by Gasteiger charge is 2.28. The second-order valence-electron chi connectivity index (χ2n) is 6.50. The lowest BCUT2D eigenvalue weighted by Crippen LogP contribution is -2.31. The summed E-state index contributed by atoms with van der Waals surface area (Å²) in [6.45, 7) is 3.59. The number of fused-ring (bicyclic) bond motifs is 2. The maximum atomic E-state index is 11.6. The molecule has 1 aromatic carbocycles. The zero-order valence-corrected chi connectivity index (χ0v) is 13.6. The molecule has 0 saturated heterocycles. The summed E-state index contributed by atoms with van der Waals surface area (Å²) >= 11 is 0. The van der Waals surface area contributed by atoms with Gasteiger partial charge < -0.3 is 10.3 Å². The highest BCUT2D eigenvalue weighted by Crippen LogP contribution is 2.32. The van der Waals surface area contributed by atoms with Crippen LogP contribution >= 0.6 is 0 Å². The number of carbonyl (C=O) groups excluding carboxylic acids is 1. The van der Waals surface area contributed by atoms with Gasteiger partial charge in [-0.1, -0.05) is 35.9 Å². The van der Waals surface area contributed by atoms with Crippen molar-refractivity contribution in [2.24, 2.45) is 5.73 Å². The molecule has 0 bridgehead atoms. The lowest BCUT2D eigenvalue weighted by molar-refractivity contribution is 0.0985. The van der Waals surface area contributed by atoms with Crippen molar-refractivity contribution >= 4 is 11.5 Å². The third-order valence-electron chi connectivity index (χ3n) is 4.89. The third kappa shape index (κ3) is 2.73. The van der Waals surface area contributed by atoms with Gasteiger partial charge in [0.25, 0.3) is 5.91 Å². The van der Waals surface area contributed by atoms with Gasteiger partial charge in [0.1, 0.15) is 0 Å². The van der Waals surface area contributed by atoms with Crippen LogP contribution in [0.15, 0.2) is 35.9 Å². The predicted molar refractivity (Wildman–Crippen MR) is 91.0 cm³/mol. The number of hydrogen-bond donors (Lipinski definition) is 1. The van der Waals surface area contributed by atoms with Crippen LogP contribution < -0.4 is 5.73 Å². The summed E-state index contributed by atoms with van der Waals surface area (Å²) in [5.41, 5.74) is 9.45. The molecule has 1 aromatic heterocycles. The Bertz CT molecular complexity index is 793. The maximum Gasteiger partial charge on any atom is 0.286 e. The number of hydrogen-bond acceptors (Lipinski definition) is 4. The number of primary amides is 1. The minimum absolute atomic E-state index is 0.277. The van der Waals surface area contributed by atoms with Crippen molar-refractivity contribution < 1.29 is 4.79 Å². The van der Waals surface area contributed by atoms with Gasteiger partial charge in [0.05, 0.1) is 0 Å². The number of rotatable bonds is 3. The number of amides is 1. The first-order chi connectivity index (χ1) is 11.7. The lowest BCUT2D eigenvalue weighted by atomic mass is 9.96. The molecular weight excluding hydrogens is 302 g/mol. The van der Waals surface area contributed by atoms with Crippen LogP contribution in [0.25, 0.3) is 5.57 Å². The zero-order chi connectivity index (χ0) is 16.5. The summed E-state index contributed by atoms with van der Waals surface area (Å²) in [4.78, 5) is 14.0. The van der Waals surface area contributed by atoms with Gasteiger partial charge in [-0.3, -0.25) is 9.69 Å². The Hall–Kier alpha value is -2.47. The summed E-state index contributed by atoms with van der Waals surface area (Å²) < 4.78 is 1.90. The Labute approximate surface area is 141 Å². The maximum absolute atomic E-state index is 11.6. The van der Waals surface area contributed by atoms with Gasteiger partial charge >= 0.3 is 0 Å². The van der Waals surface area contributed by atoms with E-state index in [0.717, 1.165) is 51.3 Å². The first-order valence-corrected chi connectivity index (χ1v) is 8.43. The fourth-order valence-electron chi connectivity index (χ4n) is 3.71. The van der Waals surface area contributed by atoms with E-state index in [0.29, 0.717) is 0 Å². The molecule has 24 heavy (non-hydrogen) atoms. The fourth-order valence-corrected chi connectivity index (χ4v) is 3.71. The van der Waals surface area contributed by atoms with Crippen LogP contribution in [0.4, 0.5) is 0 Å². The summed E-state index contributed by atoms with van der Waals surface area (Å²) in [7, 11) is 0. The molecule has 0 fully saturated rings. The zero-order valence-electron chi connectivity index (χ0n) is 13.6. The molecule has 0 saturated carbocycles. The monoisotopic (exact) mass is 323 g/mol. The minimum Gasteiger partial charge on any atom is -0.363 e. The average molecular weight is 323 g/mol. The van der Waals surface area contributed by atoms with E-state index in [2.05, 4.69) is 39.4 Å². The van der Waals surface area contributed by atoms with Crippen LogP contribution in [0.1, 0.15) is 41.3 Å². The molecule has 0 atom stereocenters. The molecule has 2 aromatic rings. The van der Waals surface area contributed by atoms with Crippen LogP contribution in [0.5, 0.6) is 0 Å². The molecular formula is C18H21N5O. The highest BCUT2D eigenvalue weighted by atomic mass is 16.1. The number of carbonyl (C=O) groups is 1. The van der Waals surface area contributed by atoms with Crippen LogP contribution in [-0.2, 0) is 13.1 Å². The first-order valence-electron chi connectivity index (χ1n) is 8.43. The van der Waals surface area contributed by atoms with Gasteiger partial charge in [-0.25, -0.2) is 0 Å². The lowest BCUT2D eigenvalue weighted by Gasteiger charge is -2.29. The van der Waals surface area contributed by atoms with Gasteiger partial charge in [-0.05, 0) is 24.8 Å². The van der Waals surface area contributed by atoms with Crippen LogP contribution in [0.3, 0.4) is 0 Å². The molecule has 124 valence electrons. The molecule has 6 nitrogen and oxygen atoms in total. The Morgan fingerprint density at radius 3 is 2.75 bits per heavy atom. The summed E-state index contributed by atoms with van der Waals surface area (Å²) in [6, 6.07) is 10.5. The summed E-state index contributed by atoms with van der Waals surface area (Å²) in [5, 5.41) is 8.32. The van der Waals surface area contributed by atoms with Gasteiger partial charge in [0.2, 0.25) is 5.82 Å². The van der Waals surface area contributed by atoms with Gasteiger partial charge in [-0.2, -0.15) is 0 Å². The van der Waals surface area contributed by atoms with E-state index in [1.807, 2.05) is 10.6 Å². The second-order valence-corrected chi connectivity index (χ2v) is 6.50. The molecule has 4 rings (SSSR count). The molecule has 0 radical (unpaired) electrons. The van der Waals surface area contributed by atoms with Crippen molar-refractivity contribution in [3.05, 3.63) is 53.1 Å². The van der Waals surface area contributed by atoms with E-state index in [1.165, 1.54) is 16.7 Å². The third-order valence-corrected chi connectivity index (χ3v) is 4.89. The largest absolute Gasteiger partial charge is 0.363 e. The van der Waals surface area contributed by atoms with E-state index in [9.17, 15) is 4.79 Å². The van der Waals surface area contributed by atoms with Gasteiger partial charge in [0.15, 0.2) is 5.82 Å². The van der Waals surface area contributed by atoms with Crippen molar-refractivity contribution in [3.63, 3.8) is 0 Å². The number of nitrogens with two attached hydrogens (primary N) is 1. The van der Waals surface area contributed by atoms with E-state index >= 15 is 0 Å². The Kier molecular flexibility index (Phi) is 3.90. The van der Waals surface area contributed by atoms with Crippen LogP contribution in [0, 0.1) is 0 Å². The molecule has 2 N–H and O–H groups in total. The van der Waals surface area contributed by atoms with Crippen LogP contribution in [0.2, 0.25) is 0 Å². The smallest absolute Gasteiger partial charge is 0.286 e. The Morgan fingerprint density at radius 1 is 1.12 bits per heavy atom. The molecule has 3 heterocycles. The summed E-state index contributed by atoms with van der Waals surface area (Å²) in [5.74, 6) is 0.600. The highest BCUT2D eigenvalue weighted by molar-refractivity contribution is 5.89. The Morgan fingerprint density at radius 2 is 1.96 bits per heavy atom. The molecule has 2 aliphatic heterocycles. The SMILES string of the molecule is NC(=O)c1nnc2n1CCCC1=C2CN(Cc2ccccc2)CC1. The van der Waals surface area contributed by atoms with E-state index in [4.69, 9.17) is 5.73 Å². The topological polar surface area (TPSA) is 77.0 Å². The van der Waals surface area contributed by atoms with Crippen molar-refractivity contribution in [1.29, 1.82) is 0 Å². The molecule has 0 spiro atoms. The fraction of sp³-hybridized carbons (Fsp3) is 0.389. The molecule has 0 unspecified atom stereocenters.